The van der Waals surface area contributed by atoms with E-state index in [2.05, 4.69) is 0 Å². The standard InChI is InChI=1S/C14H13NO3/c1-18-12-8-3-2-5-9(12)13-10(14(16)17)6-4-7-11(13)15/h2-8H,15H2,1H3,(H,16,17). The monoisotopic (exact) mass is 243 g/mol. The number of carboxylic acids is 1. The zero-order chi connectivity index (χ0) is 13.1. The van der Waals surface area contributed by atoms with Gasteiger partial charge in [-0.15, -0.1) is 0 Å². The van der Waals surface area contributed by atoms with Crippen molar-refractivity contribution in [3.8, 4) is 16.9 Å². The molecule has 0 radical (unpaired) electrons. The van der Waals surface area contributed by atoms with Crippen molar-refractivity contribution in [1.82, 2.24) is 0 Å². The molecular formula is C14H13NO3. The number of hydrogen-bond acceptors (Lipinski definition) is 3. The number of aromatic carboxylic acids is 1. The summed E-state index contributed by atoms with van der Waals surface area (Å²) in [5.41, 5.74) is 7.64. The van der Waals surface area contributed by atoms with Gasteiger partial charge in [0.25, 0.3) is 0 Å². The highest BCUT2D eigenvalue weighted by Gasteiger charge is 2.17. The Labute approximate surface area is 105 Å². The number of benzene rings is 2. The number of hydrogen-bond donors (Lipinski definition) is 2. The summed E-state index contributed by atoms with van der Waals surface area (Å²) in [5.74, 6) is -0.416. The second kappa shape index (κ2) is 4.79. The van der Waals surface area contributed by atoms with Crippen LogP contribution in [0.15, 0.2) is 42.5 Å². The summed E-state index contributed by atoms with van der Waals surface area (Å²) >= 11 is 0. The van der Waals surface area contributed by atoms with Crippen LogP contribution in [0.1, 0.15) is 10.4 Å². The van der Waals surface area contributed by atoms with Crippen molar-refractivity contribution in [2.45, 2.75) is 0 Å². The summed E-state index contributed by atoms with van der Waals surface area (Å²) in [6, 6.07) is 12.0. The predicted octanol–water partition coefficient (Wildman–Crippen LogP) is 2.64. The minimum atomic E-state index is -1.01. The molecule has 2 aromatic rings. The van der Waals surface area contributed by atoms with E-state index in [9.17, 15) is 9.90 Å². The minimum Gasteiger partial charge on any atom is -0.496 e. The summed E-state index contributed by atoms with van der Waals surface area (Å²) in [6.07, 6.45) is 0. The molecule has 0 saturated heterocycles. The highest BCUT2D eigenvalue weighted by Crippen LogP contribution is 2.36. The normalized spacial score (nSPS) is 10.1. The third kappa shape index (κ3) is 2.00. The van der Waals surface area contributed by atoms with Gasteiger partial charge in [-0.3, -0.25) is 0 Å². The van der Waals surface area contributed by atoms with Crippen molar-refractivity contribution < 1.29 is 14.6 Å². The van der Waals surface area contributed by atoms with Gasteiger partial charge in [0.1, 0.15) is 5.75 Å². The van der Waals surface area contributed by atoms with Crippen LogP contribution in [-0.2, 0) is 0 Å². The van der Waals surface area contributed by atoms with Gasteiger partial charge in [0.05, 0.1) is 12.7 Å². The lowest BCUT2D eigenvalue weighted by Gasteiger charge is -2.13. The molecule has 92 valence electrons. The number of ether oxygens (including phenoxy) is 1. The molecule has 3 N–H and O–H groups in total. The number of nitrogens with two attached hydrogens (primary N) is 1. The number of para-hydroxylation sites is 1. The molecule has 0 fully saturated rings. The molecule has 4 nitrogen and oxygen atoms in total. The number of carboxylic acid groups (broad SMARTS) is 1. The summed E-state index contributed by atoms with van der Waals surface area (Å²) in [5, 5.41) is 9.22. The minimum absolute atomic E-state index is 0.166. The second-order valence-corrected chi connectivity index (χ2v) is 3.78. The van der Waals surface area contributed by atoms with E-state index in [1.807, 2.05) is 12.1 Å². The molecule has 0 spiro atoms. The summed E-state index contributed by atoms with van der Waals surface area (Å²) in [7, 11) is 1.54. The number of rotatable bonds is 3. The third-order valence-corrected chi connectivity index (χ3v) is 2.70. The predicted molar refractivity (Wildman–Crippen MR) is 69.8 cm³/mol. The van der Waals surface area contributed by atoms with E-state index in [1.165, 1.54) is 6.07 Å². The Morgan fingerprint density at radius 3 is 2.56 bits per heavy atom. The van der Waals surface area contributed by atoms with Crippen LogP contribution >= 0.6 is 0 Å². The van der Waals surface area contributed by atoms with E-state index >= 15 is 0 Å². The lowest BCUT2D eigenvalue weighted by atomic mass is 9.97. The lowest BCUT2D eigenvalue weighted by Crippen LogP contribution is -2.03. The molecule has 2 rings (SSSR count). The Bertz CT molecular complexity index is 593. The molecule has 0 bridgehead atoms. The molecule has 4 heteroatoms. The Kier molecular flexibility index (Phi) is 3.19. The van der Waals surface area contributed by atoms with Gasteiger partial charge in [-0.05, 0) is 18.2 Å². The molecule has 0 aliphatic heterocycles. The number of carbonyl (C=O) groups is 1. The van der Waals surface area contributed by atoms with Crippen molar-refractivity contribution in [2.24, 2.45) is 0 Å². The Balaban J connectivity index is 2.74. The largest absolute Gasteiger partial charge is 0.496 e. The van der Waals surface area contributed by atoms with E-state index in [0.29, 0.717) is 22.6 Å². The van der Waals surface area contributed by atoms with Crippen LogP contribution in [0.25, 0.3) is 11.1 Å². The van der Waals surface area contributed by atoms with E-state index in [4.69, 9.17) is 10.5 Å². The van der Waals surface area contributed by atoms with Crippen LogP contribution in [-0.4, -0.2) is 18.2 Å². The first kappa shape index (κ1) is 12.0. The quantitative estimate of drug-likeness (QED) is 0.813. The Morgan fingerprint density at radius 2 is 1.89 bits per heavy atom. The van der Waals surface area contributed by atoms with Crippen molar-refractivity contribution >= 4 is 11.7 Å². The fraction of sp³-hybridized carbons (Fsp3) is 0.0714. The van der Waals surface area contributed by atoms with Crippen LogP contribution < -0.4 is 10.5 Å². The first-order valence-corrected chi connectivity index (χ1v) is 5.40. The van der Waals surface area contributed by atoms with Crippen molar-refractivity contribution in [3.05, 3.63) is 48.0 Å². The van der Waals surface area contributed by atoms with E-state index in [-0.39, 0.29) is 5.56 Å². The molecule has 0 atom stereocenters. The van der Waals surface area contributed by atoms with Crippen molar-refractivity contribution in [2.75, 3.05) is 12.8 Å². The van der Waals surface area contributed by atoms with Gasteiger partial charge >= 0.3 is 5.97 Å². The fourth-order valence-corrected chi connectivity index (χ4v) is 1.90. The van der Waals surface area contributed by atoms with E-state index < -0.39 is 5.97 Å². The second-order valence-electron chi connectivity index (χ2n) is 3.78. The smallest absolute Gasteiger partial charge is 0.336 e. The van der Waals surface area contributed by atoms with Gasteiger partial charge in [-0.2, -0.15) is 0 Å². The van der Waals surface area contributed by atoms with Gasteiger partial charge in [0.15, 0.2) is 0 Å². The highest BCUT2D eigenvalue weighted by molar-refractivity contribution is 6.00. The zero-order valence-corrected chi connectivity index (χ0v) is 9.88. The van der Waals surface area contributed by atoms with Gasteiger partial charge in [0.2, 0.25) is 0 Å². The van der Waals surface area contributed by atoms with Crippen LogP contribution in [0.4, 0.5) is 5.69 Å². The van der Waals surface area contributed by atoms with Crippen LogP contribution in [0.2, 0.25) is 0 Å². The number of nitrogen functional groups attached to an aromatic ring is 1. The maximum atomic E-state index is 11.3. The van der Waals surface area contributed by atoms with Crippen LogP contribution in [0, 0.1) is 0 Å². The van der Waals surface area contributed by atoms with Crippen LogP contribution in [0.5, 0.6) is 5.75 Å². The third-order valence-electron chi connectivity index (χ3n) is 2.70. The van der Waals surface area contributed by atoms with E-state index in [0.717, 1.165) is 0 Å². The topological polar surface area (TPSA) is 72.5 Å². The fourth-order valence-electron chi connectivity index (χ4n) is 1.90. The van der Waals surface area contributed by atoms with Gasteiger partial charge in [0, 0.05) is 16.8 Å². The molecule has 0 aliphatic rings. The van der Waals surface area contributed by atoms with Crippen LogP contribution in [0.3, 0.4) is 0 Å². The average molecular weight is 243 g/mol. The number of methoxy groups -OCH3 is 1. The average Bonchev–Trinajstić information content (AvgIpc) is 2.38. The summed E-state index contributed by atoms with van der Waals surface area (Å²) in [4.78, 5) is 11.3. The Morgan fingerprint density at radius 1 is 1.17 bits per heavy atom. The Hall–Kier alpha value is -2.49. The summed E-state index contributed by atoms with van der Waals surface area (Å²) < 4.78 is 5.24. The maximum absolute atomic E-state index is 11.3. The first-order chi connectivity index (χ1) is 8.65. The molecule has 0 saturated carbocycles. The molecular weight excluding hydrogens is 230 g/mol. The number of anilines is 1. The molecule has 0 aromatic heterocycles. The molecule has 0 amide bonds. The van der Waals surface area contributed by atoms with E-state index in [1.54, 1.807) is 31.4 Å². The molecule has 0 aliphatic carbocycles. The zero-order valence-electron chi connectivity index (χ0n) is 9.88. The SMILES string of the molecule is COc1ccccc1-c1c(N)cccc1C(=O)O. The molecule has 0 heterocycles. The summed E-state index contributed by atoms with van der Waals surface area (Å²) in [6.45, 7) is 0. The van der Waals surface area contributed by atoms with Gasteiger partial charge in [-0.25, -0.2) is 4.79 Å². The molecule has 2 aromatic carbocycles. The van der Waals surface area contributed by atoms with Gasteiger partial charge in [-0.1, -0.05) is 24.3 Å². The highest BCUT2D eigenvalue weighted by atomic mass is 16.5. The van der Waals surface area contributed by atoms with Gasteiger partial charge < -0.3 is 15.6 Å². The maximum Gasteiger partial charge on any atom is 0.336 e. The first-order valence-electron chi connectivity index (χ1n) is 5.40. The van der Waals surface area contributed by atoms with Crippen molar-refractivity contribution in [1.29, 1.82) is 0 Å². The molecule has 0 unspecified atom stereocenters. The lowest BCUT2D eigenvalue weighted by molar-refractivity contribution is 0.0698. The molecule has 18 heavy (non-hydrogen) atoms. The van der Waals surface area contributed by atoms with Crippen molar-refractivity contribution in [3.63, 3.8) is 0 Å².